The first-order valence-corrected chi connectivity index (χ1v) is 10.6. The van der Waals surface area contributed by atoms with E-state index in [1.165, 1.54) is 17.7 Å². The van der Waals surface area contributed by atoms with E-state index in [2.05, 4.69) is 12.1 Å². The van der Waals surface area contributed by atoms with Crippen molar-refractivity contribution in [2.24, 2.45) is 5.92 Å². The Labute approximate surface area is 177 Å². The van der Waals surface area contributed by atoms with Gasteiger partial charge in [-0.15, -0.1) is 0 Å². The number of amides is 2. The van der Waals surface area contributed by atoms with E-state index in [4.69, 9.17) is 4.74 Å². The Kier molecular flexibility index (Phi) is 5.93. The molecule has 0 unspecified atom stereocenters. The number of aromatic hydroxyl groups is 1. The Balaban J connectivity index is 1.32. The topological polar surface area (TPSA) is 70.1 Å². The van der Waals surface area contributed by atoms with Gasteiger partial charge in [0.25, 0.3) is 5.91 Å². The maximum absolute atomic E-state index is 13.1. The summed E-state index contributed by atoms with van der Waals surface area (Å²) >= 11 is 0. The molecule has 1 N–H and O–H groups in total. The number of benzene rings is 2. The van der Waals surface area contributed by atoms with Gasteiger partial charge in [0, 0.05) is 19.0 Å². The third-order valence-corrected chi connectivity index (χ3v) is 6.19. The lowest BCUT2D eigenvalue weighted by atomic mass is 9.99. The summed E-state index contributed by atoms with van der Waals surface area (Å²) in [6, 6.07) is 16.6. The minimum atomic E-state index is -0.0752. The lowest BCUT2D eigenvalue weighted by Gasteiger charge is -2.27. The van der Waals surface area contributed by atoms with Crippen molar-refractivity contribution in [2.75, 3.05) is 19.7 Å². The Morgan fingerprint density at radius 2 is 1.63 bits per heavy atom. The van der Waals surface area contributed by atoms with Crippen LogP contribution in [0.1, 0.15) is 25.3 Å². The summed E-state index contributed by atoms with van der Waals surface area (Å²) in [5, 5.41) is 9.34. The van der Waals surface area contributed by atoms with E-state index in [1.54, 1.807) is 12.1 Å². The van der Waals surface area contributed by atoms with Crippen LogP contribution in [0.4, 0.5) is 0 Å². The summed E-state index contributed by atoms with van der Waals surface area (Å²) in [4.78, 5) is 29.7. The van der Waals surface area contributed by atoms with Gasteiger partial charge < -0.3 is 19.6 Å². The van der Waals surface area contributed by atoms with Crippen LogP contribution >= 0.6 is 0 Å². The van der Waals surface area contributed by atoms with Crippen LogP contribution in [0, 0.1) is 5.92 Å². The number of likely N-dealkylation sites (tertiary alicyclic amines) is 2. The van der Waals surface area contributed by atoms with Crippen molar-refractivity contribution >= 4 is 11.8 Å². The smallest absolute Gasteiger partial charge is 0.260 e. The van der Waals surface area contributed by atoms with Crippen molar-refractivity contribution in [2.45, 2.75) is 38.3 Å². The predicted octanol–water partition coefficient (Wildman–Crippen LogP) is 2.85. The summed E-state index contributed by atoms with van der Waals surface area (Å²) in [6.07, 6.45) is 2.37. The van der Waals surface area contributed by atoms with Crippen molar-refractivity contribution in [1.29, 1.82) is 0 Å². The van der Waals surface area contributed by atoms with Gasteiger partial charge in [-0.1, -0.05) is 37.3 Å². The summed E-state index contributed by atoms with van der Waals surface area (Å²) < 4.78 is 5.58. The normalized spacial score (nSPS) is 21.4. The molecule has 0 bridgehead atoms. The molecule has 2 saturated heterocycles. The number of carbonyl (C=O) groups is 2. The second kappa shape index (κ2) is 8.78. The lowest BCUT2D eigenvalue weighted by molar-refractivity contribution is -0.137. The highest BCUT2D eigenvalue weighted by Gasteiger charge is 2.46. The average molecular weight is 408 g/mol. The van der Waals surface area contributed by atoms with Gasteiger partial charge in [0.2, 0.25) is 5.91 Å². The molecule has 6 heteroatoms. The maximum atomic E-state index is 13.1. The van der Waals surface area contributed by atoms with Crippen LogP contribution in [0.5, 0.6) is 11.5 Å². The van der Waals surface area contributed by atoms with E-state index in [0.29, 0.717) is 18.8 Å². The molecule has 158 valence electrons. The zero-order chi connectivity index (χ0) is 21.1. The third kappa shape index (κ3) is 4.27. The maximum Gasteiger partial charge on any atom is 0.260 e. The summed E-state index contributed by atoms with van der Waals surface area (Å²) in [5.41, 5.74) is 1.17. The quantitative estimate of drug-likeness (QED) is 0.798. The monoisotopic (exact) mass is 408 g/mol. The SMILES string of the molecule is C[C@H](Cc1ccccc1)C(=O)N1CC[C@H]2[C@@H]1CCN2C(=O)COc1ccc(O)cc1. The fraction of sp³-hybridized carbons (Fsp3) is 0.417. The molecule has 0 aliphatic carbocycles. The molecule has 4 rings (SSSR count). The van der Waals surface area contributed by atoms with Crippen molar-refractivity contribution in [3.8, 4) is 11.5 Å². The molecule has 30 heavy (non-hydrogen) atoms. The number of hydrogen-bond acceptors (Lipinski definition) is 4. The standard InChI is InChI=1S/C24H28N2O4/c1-17(15-18-5-3-2-4-6-18)24(29)26-14-12-21-22(26)11-13-25(21)23(28)16-30-20-9-7-19(27)8-10-20/h2-10,17,21-22,27H,11-16H2,1H3/t17-,21+,22+/m1/s1. The Hall–Kier alpha value is -3.02. The zero-order valence-corrected chi connectivity index (χ0v) is 17.2. The number of phenolic OH excluding ortho intramolecular Hbond substituents is 1. The van der Waals surface area contributed by atoms with Crippen LogP contribution in [0.15, 0.2) is 54.6 Å². The summed E-state index contributed by atoms with van der Waals surface area (Å²) in [7, 11) is 0. The van der Waals surface area contributed by atoms with Crippen molar-refractivity contribution in [3.05, 3.63) is 60.2 Å². The minimum Gasteiger partial charge on any atom is -0.508 e. The molecule has 0 spiro atoms. The van der Waals surface area contributed by atoms with Crippen LogP contribution in [0.25, 0.3) is 0 Å². The molecular formula is C24H28N2O4. The first-order chi connectivity index (χ1) is 14.5. The molecule has 2 heterocycles. The largest absolute Gasteiger partial charge is 0.508 e. The minimum absolute atomic E-state index is 0.0354. The molecule has 2 aliphatic rings. The van der Waals surface area contributed by atoms with Crippen LogP contribution in [-0.4, -0.2) is 58.5 Å². The highest BCUT2D eigenvalue weighted by atomic mass is 16.5. The predicted molar refractivity (Wildman–Crippen MR) is 113 cm³/mol. The van der Waals surface area contributed by atoms with E-state index in [1.807, 2.05) is 34.9 Å². The highest BCUT2D eigenvalue weighted by Crippen LogP contribution is 2.33. The van der Waals surface area contributed by atoms with E-state index in [-0.39, 0.29) is 42.2 Å². The molecule has 3 atom stereocenters. The van der Waals surface area contributed by atoms with Gasteiger partial charge in [0.1, 0.15) is 11.5 Å². The van der Waals surface area contributed by atoms with Crippen molar-refractivity contribution in [1.82, 2.24) is 9.80 Å². The molecule has 6 nitrogen and oxygen atoms in total. The van der Waals surface area contributed by atoms with Gasteiger partial charge in [-0.3, -0.25) is 9.59 Å². The number of nitrogens with zero attached hydrogens (tertiary/aromatic N) is 2. The molecule has 2 amide bonds. The Morgan fingerprint density at radius 1 is 1.00 bits per heavy atom. The molecule has 0 aromatic heterocycles. The second-order valence-electron chi connectivity index (χ2n) is 8.20. The van der Waals surface area contributed by atoms with Gasteiger partial charge in [-0.05, 0) is 49.1 Å². The van der Waals surface area contributed by atoms with Crippen LogP contribution in [0.2, 0.25) is 0 Å². The first-order valence-electron chi connectivity index (χ1n) is 10.6. The molecule has 2 fully saturated rings. The molecule has 0 radical (unpaired) electrons. The van der Waals surface area contributed by atoms with E-state index >= 15 is 0 Å². The van der Waals surface area contributed by atoms with E-state index in [9.17, 15) is 14.7 Å². The van der Waals surface area contributed by atoms with Gasteiger partial charge in [0.15, 0.2) is 6.61 Å². The van der Waals surface area contributed by atoms with Crippen molar-refractivity contribution in [3.63, 3.8) is 0 Å². The molecule has 2 aliphatic heterocycles. The number of hydrogen-bond donors (Lipinski definition) is 1. The number of carbonyl (C=O) groups excluding carboxylic acids is 2. The fourth-order valence-electron chi connectivity index (χ4n) is 4.68. The van der Waals surface area contributed by atoms with E-state index < -0.39 is 0 Å². The number of rotatable bonds is 6. The zero-order valence-electron chi connectivity index (χ0n) is 17.2. The van der Waals surface area contributed by atoms with Gasteiger partial charge >= 0.3 is 0 Å². The molecule has 2 aromatic carbocycles. The number of phenols is 1. The second-order valence-corrected chi connectivity index (χ2v) is 8.20. The molecular weight excluding hydrogens is 380 g/mol. The summed E-state index contributed by atoms with van der Waals surface area (Å²) in [5.74, 6) is 0.764. The Bertz CT molecular complexity index is 884. The molecule has 2 aromatic rings. The highest BCUT2D eigenvalue weighted by molar-refractivity contribution is 5.81. The van der Waals surface area contributed by atoms with Crippen LogP contribution < -0.4 is 4.74 Å². The number of ether oxygens (including phenoxy) is 1. The lowest BCUT2D eigenvalue weighted by Crippen LogP contribution is -2.44. The molecule has 0 saturated carbocycles. The first kappa shape index (κ1) is 20.3. The number of fused-ring (bicyclic) bond motifs is 1. The van der Waals surface area contributed by atoms with Crippen molar-refractivity contribution < 1.29 is 19.4 Å². The van der Waals surface area contributed by atoms with Gasteiger partial charge in [-0.2, -0.15) is 0 Å². The summed E-state index contributed by atoms with van der Waals surface area (Å²) in [6.45, 7) is 3.32. The third-order valence-electron chi connectivity index (χ3n) is 6.19. The van der Waals surface area contributed by atoms with Crippen LogP contribution in [0.3, 0.4) is 0 Å². The average Bonchev–Trinajstić information content (AvgIpc) is 3.35. The fourth-order valence-corrected chi connectivity index (χ4v) is 4.68. The van der Waals surface area contributed by atoms with Gasteiger partial charge in [0.05, 0.1) is 12.1 Å². The van der Waals surface area contributed by atoms with E-state index in [0.717, 1.165) is 19.3 Å². The Morgan fingerprint density at radius 3 is 2.33 bits per heavy atom. The van der Waals surface area contributed by atoms with Crippen LogP contribution in [-0.2, 0) is 16.0 Å². The van der Waals surface area contributed by atoms with Gasteiger partial charge in [-0.25, -0.2) is 0 Å².